The van der Waals surface area contributed by atoms with Gasteiger partial charge >= 0.3 is 0 Å². The molecule has 112 valence electrons. The highest BCUT2D eigenvalue weighted by atomic mass is 16.3. The average molecular weight is 278 g/mol. The van der Waals surface area contributed by atoms with Gasteiger partial charge in [0.15, 0.2) is 5.82 Å². The summed E-state index contributed by atoms with van der Waals surface area (Å²) in [5.41, 5.74) is -0.0881. The molecule has 5 nitrogen and oxygen atoms in total. The molecule has 2 unspecified atom stereocenters. The Balaban J connectivity index is 1.76. The quantitative estimate of drug-likeness (QED) is 0.830. The zero-order valence-corrected chi connectivity index (χ0v) is 12.6. The molecule has 1 heterocycles. The standard InChI is InChI=1S/C15H26N4O/c1-3-13-16-14(4-2)19(18-13)12-7-8-15(9-12,10-20)17-11-5-6-11/h11-12,17,20H,3-10H2,1-2H3. The Bertz CT molecular complexity index is 468. The van der Waals surface area contributed by atoms with E-state index in [0.29, 0.717) is 12.1 Å². The third-order valence-corrected chi connectivity index (χ3v) is 4.70. The molecule has 5 heteroatoms. The van der Waals surface area contributed by atoms with Crippen LogP contribution in [0, 0.1) is 0 Å². The number of aromatic nitrogens is 3. The number of hydrogen-bond donors (Lipinski definition) is 2. The minimum absolute atomic E-state index is 0.0881. The summed E-state index contributed by atoms with van der Waals surface area (Å²) in [4.78, 5) is 4.61. The summed E-state index contributed by atoms with van der Waals surface area (Å²) in [5, 5.41) is 18.2. The minimum Gasteiger partial charge on any atom is -0.394 e. The van der Waals surface area contributed by atoms with Crippen LogP contribution in [0.5, 0.6) is 0 Å². The first-order valence-electron chi connectivity index (χ1n) is 8.02. The van der Waals surface area contributed by atoms with Crippen molar-refractivity contribution in [1.29, 1.82) is 0 Å². The summed E-state index contributed by atoms with van der Waals surface area (Å²) in [5.74, 6) is 2.03. The maximum Gasteiger partial charge on any atom is 0.150 e. The van der Waals surface area contributed by atoms with E-state index in [-0.39, 0.29) is 12.1 Å². The molecule has 2 N–H and O–H groups in total. The van der Waals surface area contributed by atoms with Crippen molar-refractivity contribution in [2.75, 3.05) is 6.61 Å². The molecule has 0 spiro atoms. The van der Waals surface area contributed by atoms with E-state index in [2.05, 4.69) is 33.9 Å². The van der Waals surface area contributed by atoms with E-state index < -0.39 is 0 Å². The van der Waals surface area contributed by atoms with E-state index in [1.165, 1.54) is 12.8 Å². The number of hydrogen-bond acceptors (Lipinski definition) is 4. The van der Waals surface area contributed by atoms with Crippen molar-refractivity contribution in [3.63, 3.8) is 0 Å². The monoisotopic (exact) mass is 278 g/mol. The van der Waals surface area contributed by atoms with Gasteiger partial charge in [-0.15, -0.1) is 0 Å². The highest BCUT2D eigenvalue weighted by Gasteiger charge is 2.43. The number of rotatable bonds is 6. The summed E-state index contributed by atoms with van der Waals surface area (Å²) in [6.07, 6.45) is 7.42. The van der Waals surface area contributed by atoms with Crippen LogP contribution in [-0.2, 0) is 12.8 Å². The third-order valence-electron chi connectivity index (χ3n) is 4.70. The van der Waals surface area contributed by atoms with Gasteiger partial charge in [-0.3, -0.25) is 0 Å². The fourth-order valence-electron chi connectivity index (χ4n) is 3.38. The Hall–Kier alpha value is -0.940. The highest BCUT2D eigenvalue weighted by Crippen LogP contribution is 2.40. The topological polar surface area (TPSA) is 63.0 Å². The number of aryl methyl sites for hydroxylation is 2. The maximum absolute atomic E-state index is 9.83. The van der Waals surface area contributed by atoms with Gasteiger partial charge in [-0.25, -0.2) is 9.67 Å². The molecule has 0 aliphatic heterocycles. The normalized spacial score (nSPS) is 30.1. The molecule has 0 aromatic carbocycles. The predicted molar refractivity (Wildman–Crippen MR) is 77.6 cm³/mol. The van der Waals surface area contributed by atoms with Crippen LogP contribution in [0.4, 0.5) is 0 Å². The minimum atomic E-state index is -0.0881. The summed E-state index contributed by atoms with van der Waals surface area (Å²) in [6.45, 7) is 4.47. The second-order valence-electron chi connectivity index (χ2n) is 6.35. The number of nitrogens with one attached hydrogen (secondary N) is 1. The first-order chi connectivity index (χ1) is 9.69. The lowest BCUT2D eigenvalue weighted by Gasteiger charge is -2.28. The second-order valence-corrected chi connectivity index (χ2v) is 6.35. The highest BCUT2D eigenvalue weighted by molar-refractivity contribution is 5.04. The smallest absolute Gasteiger partial charge is 0.150 e. The van der Waals surface area contributed by atoms with Crippen LogP contribution in [-0.4, -0.2) is 38.1 Å². The summed E-state index contributed by atoms with van der Waals surface area (Å²) in [6, 6.07) is 1.02. The van der Waals surface area contributed by atoms with Gasteiger partial charge in [0.2, 0.25) is 0 Å². The molecule has 0 bridgehead atoms. The fraction of sp³-hybridized carbons (Fsp3) is 0.867. The first-order valence-corrected chi connectivity index (χ1v) is 8.02. The Labute approximate surface area is 120 Å². The molecule has 0 amide bonds. The van der Waals surface area contributed by atoms with Crippen molar-refractivity contribution in [1.82, 2.24) is 20.1 Å². The zero-order chi connectivity index (χ0) is 14.2. The average Bonchev–Trinajstić information content (AvgIpc) is 3.03. The molecule has 0 saturated heterocycles. The summed E-state index contributed by atoms with van der Waals surface area (Å²) >= 11 is 0. The van der Waals surface area contributed by atoms with E-state index in [0.717, 1.165) is 43.8 Å². The zero-order valence-electron chi connectivity index (χ0n) is 12.6. The molecular weight excluding hydrogens is 252 g/mol. The van der Waals surface area contributed by atoms with Crippen LogP contribution in [0.2, 0.25) is 0 Å². The van der Waals surface area contributed by atoms with Crippen molar-refractivity contribution in [3.8, 4) is 0 Å². The molecule has 1 aromatic heterocycles. The predicted octanol–water partition coefficient (Wildman–Crippen LogP) is 1.61. The summed E-state index contributed by atoms with van der Waals surface area (Å²) in [7, 11) is 0. The Morgan fingerprint density at radius 1 is 1.30 bits per heavy atom. The van der Waals surface area contributed by atoms with E-state index in [1.807, 2.05) is 0 Å². The molecule has 0 radical (unpaired) electrons. The van der Waals surface area contributed by atoms with Gasteiger partial charge in [0.25, 0.3) is 0 Å². The van der Waals surface area contributed by atoms with Gasteiger partial charge in [0.1, 0.15) is 5.82 Å². The van der Waals surface area contributed by atoms with Gasteiger partial charge in [0, 0.05) is 24.4 Å². The molecule has 2 fully saturated rings. The van der Waals surface area contributed by atoms with Crippen LogP contribution in [0.25, 0.3) is 0 Å². The molecule has 20 heavy (non-hydrogen) atoms. The Morgan fingerprint density at radius 3 is 2.70 bits per heavy atom. The Kier molecular flexibility index (Phi) is 3.82. The van der Waals surface area contributed by atoms with Crippen LogP contribution in [0.15, 0.2) is 0 Å². The molecule has 2 atom stereocenters. The van der Waals surface area contributed by atoms with Crippen molar-refractivity contribution >= 4 is 0 Å². The molecular formula is C15H26N4O. The maximum atomic E-state index is 9.83. The van der Waals surface area contributed by atoms with Crippen LogP contribution >= 0.6 is 0 Å². The number of aliphatic hydroxyl groups is 1. The SMILES string of the molecule is CCc1nc(CC)n(C2CCC(CO)(NC3CC3)C2)n1. The lowest BCUT2D eigenvalue weighted by Crippen LogP contribution is -2.47. The largest absolute Gasteiger partial charge is 0.394 e. The molecule has 3 rings (SSSR count). The van der Waals surface area contributed by atoms with E-state index in [1.54, 1.807) is 0 Å². The lowest BCUT2D eigenvalue weighted by atomic mass is 9.98. The molecule has 2 saturated carbocycles. The molecule has 2 aliphatic rings. The van der Waals surface area contributed by atoms with Crippen molar-refractivity contribution in [2.24, 2.45) is 0 Å². The van der Waals surface area contributed by atoms with Gasteiger partial charge in [0.05, 0.1) is 12.6 Å². The lowest BCUT2D eigenvalue weighted by molar-refractivity contribution is 0.158. The Morgan fingerprint density at radius 2 is 2.10 bits per heavy atom. The van der Waals surface area contributed by atoms with Crippen molar-refractivity contribution in [2.45, 2.75) is 76.4 Å². The van der Waals surface area contributed by atoms with Gasteiger partial charge in [-0.2, -0.15) is 5.10 Å². The molecule has 1 aromatic rings. The number of aliphatic hydroxyl groups excluding tert-OH is 1. The van der Waals surface area contributed by atoms with Crippen molar-refractivity contribution < 1.29 is 5.11 Å². The van der Waals surface area contributed by atoms with E-state index >= 15 is 0 Å². The van der Waals surface area contributed by atoms with Crippen LogP contribution in [0.3, 0.4) is 0 Å². The number of nitrogens with zero attached hydrogens (tertiary/aromatic N) is 3. The van der Waals surface area contributed by atoms with Gasteiger partial charge in [-0.1, -0.05) is 13.8 Å². The van der Waals surface area contributed by atoms with Crippen LogP contribution in [0.1, 0.15) is 63.6 Å². The fourth-order valence-corrected chi connectivity index (χ4v) is 3.38. The van der Waals surface area contributed by atoms with Gasteiger partial charge in [-0.05, 0) is 32.1 Å². The summed E-state index contributed by atoms with van der Waals surface area (Å²) < 4.78 is 2.13. The molecule has 2 aliphatic carbocycles. The van der Waals surface area contributed by atoms with E-state index in [4.69, 9.17) is 0 Å². The third kappa shape index (κ3) is 2.61. The van der Waals surface area contributed by atoms with Crippen LogP contribution < -0.4 is 5.32 Å². The van der Waals surface area contributed by atoms with Crippen molar-refractivity contribution in [3.05, 3.63) is 11.6 Å². The van der Waals surface area contributed by atoms with Gasteiger partial charge < -0.3 is 10.4 Å². The second kappa shape index (κ2) is 5.45. The first kappa shape index (κ1) is 14.0. The van der Waals surface area contributed by atoms with E-state index in [9.17, 15) is 5.11 Å².